The number of aromatic nitrogens is 3. The highest BCUT2D eigenvalue weighted by Gasteiger charge is 2.24. The molecule has 0 aromatic carbocycles. The molecule has 0 spiro atoms. The summed E-state index contributed by atoms with van der Waals surface area (Å²) in [6.07, 6.45) is 7.69. The molecule has 0 amide bonds. The third-order valence-electron chi connectivity index (χ3n) is 3.82. The Morgan fingerprint density at radius 1 is 1.48 bits per heavy atom. The van der Waals surface area contributed by atoms with Crippen LogP contribution in [0, 0.1) is 0 Å². The summed E-state index contributed by atoms with van der Waals surface area (Å²) in [5.74, 6) is 1.79. The SMILES string of the molecule is CCNC(=NCc1nncn1CC)NC1CCC(SC)C1. The molecule has 1 aliphatic rings. The number of hydrogen-bond donors (Lipinski definition) is 2. The molecule has 1 saturated carbocycles. The topological polar surface area (TPSA) is 67.1 Å². The maximum atomic E-state index is 4.64. The molecule has 2 atom stereocenters. The lowest BCUT2D eigenvalue weighted by Gasteiger charge is -2.17. The smallest absolute Gasteiger partial charge is 0.191 e. The van der Waals surface area contributed by atoms with E-state index in [4.69, 9.17) is 0 Å². The first kappa shape index (κ1) is 16.1. The Morgan fingerprint density at radius 2 is 2.33 bits per heavy atom. The molecule has 1 heterocycles. The van der Waals surface area contributed by atoms with Crippen LogP contribution in [-0.4, -0.2) is 44.8 Å². The molecule has 7 heteroatoms. The number of guanidine groups is 1. The zero-order valence-electron chi connectivity index (χ0n) is 13.2. The van der Waals surface area contributed by atoms with Gasteiger partial charge in [0.05, 0.1) is 0 Å². The normalized spacial score (nSPS) is 22.5. The number of thioether (sulfide) groups is 1. The molecular weight excluding hydrogens is 284 g/mol. The molecule has 21 heavy (non-hydrogen) atoms. The van der Waals surface area contributed by atoms with Gasteiger partial charge in [0.1, 0.15) is 12.9 Å². The van der Waals surface area contributed by atoms with Gasteiger partial charge in [-0.15, -0.1) is 10.2 Å². The fourth-order valence-electron chi connectivity index (χ4n) is 2.61. The Hall–Kier alpha value is -1.24. The highest BCUT2D eigenvalue weighted by Crippen LogP contribution is 2.27. The average Bonchev–Trinajstić information content (AvgIpc) is 3.13. The Kier molecular flexibility index (Phi) is 6.35. The first-order valence-electron chi connectivity index (χ1n) is 7.71. The molecule has 2 N–H and O–H groups in total. The van der Waals surface area contributed by atoms with Crippen molar-refractivity contribution in [3.05, 3.63) is 12.2 Å². The summed E-state index contributed by atoms with van der Waals surface area (Å²) >= 11 is 1.97. The summed E-state index contributed by atoms with van der Waals surface area (Å²) in [4.78, 5) is 4.64. The van der Waals surface area contributed by atoms with E-state index in [9.17, 15) is 0 Å². The van der Waals surface area contributed by atoms with Crippen molar-refractivity contribution < 1.29 is 0 Å². The monoisotopic (exact) mass is 310 g/mol. The largest absolute Gasteiger partial charge is 0.357 e. The van der Waals surface area contributed by atoms with Gasteiger partial charge in [0.2, 0.25) is 0 Å². The molecule has 6 nitrogen and oxygen atoms in total. The number of rotatable bonds is 6. The fourth-order valence-corrected chi connectivity index (χ4v) is 3.41. The number of hydrogen-bond acceptors (Lipinski definition) is 4. The number of nitrogens with zero attached hydrogens (tertiary/aromatic N) is 4. The van der Waals surface area contributed by atoms with E-state index in [1.807, 2.05) is 16.3 Å². The maximum absolute atomic E-state index is 4.64. The van der Waals surface area contributed by atoms with E-state index < -0.39 is 0 Å². The van der Waals surface area contributed by atoms with Crippen LogP contribution >= 0.6 is 11.8 Å². The second-order valence-electron chi connectivity index (χ2n) is 5.24. The standard InChI is InChI=1S/C14H26N6S/c1-4-15-14(18-11-6-7-12(8-11)21-3)16-9-13-19-17-10-20(13)5-2/h10-12H,4-9H2,1-3H3,(H2,15,16,18). The van der Waals surface area contributed by atoms with Crippen LogP contribution in [0.25, 0.3) is 0 Å². The van der Waals surface area contributed by atoms with Crippen LogP contribution in [0.4, 0.5) is 0 Å². The van der Waals surface area contributed by atoms with Crippen molar-refractivity contribution >= 4 is 17.7 Å². The lowest BCUT2D eigenvalue weighted by atomic mass is 10.2. The second-order valence-corrected chi connectivity index (χ2v) is 6.38. The second kappa shape index (κ2) is 8.26. The number of aliphatic imine (C=N–C) groups is 1. The Balaban J connectivity index is 1.93. The minimum absolute atomic E-state index is 0.532. The molecule has 2 unspecified atom stereocenters. The molecule has 1 aliphatic carbocycles. The van der Waals surface area contributed by atoms with Crippen LogP contribution in [0.3, 0.4) is 0 Å². The van der Waals surface area contributed by atoms with E-state index >= 15 is 0 Å². The summed E-state index contributed by atoms with van der Waals surface area (Å²) in [7, 11) is 0. The molecule has 118 valence electrons. The van der Waals surface area contributed by atoms with Gasteiger partial charge in [-0.2, -0.15) is 11.8 Å². The van der Waals surface area contributed by atoms with Crippen molar-refractivity contribution in [2.45, 2.75) is 57.5 Å². The Morgan fingerprint density at radius 3 is 3.00 bits per heavy atom. The van der Waals surface area contributed by atoms with Crippen LogP contribution in [0.5, 0.6) is 0 Å². The van der Waals surface area contributed by atoms with Gasteiger partial charge < -0.3 is 15.2 Å². The van der Waals surface area contributed by atoms with Gasteiger partial charge in [-0.1, -0.05) is 0 Å². The third-order valence-corrected chi connectivity index (χ3v) is 4.91. The highest BCUT2D eigenvalue weighted by atomic mass is 32.2. The van der Waals surface area contributed by atoms with Crippen molar-refractivity contribution in [1.82, 2.24) is 25.4 Å². The first-order chi connectivity index (χ1) is 10.3. The molecule has 1 aromatic heterocycles. The van der Waals surface area contributed by atoms with Gasteiger partial charge in [-0.3, -0.25) is 0 Å². The minimum atomic E-state index is 0.532. The maximum Gasteiger partial charge on any atom is 0.191 e. The average molecular weight is 310 g/mol. The predicted molar refractivity (Wildman–Crippen MR) is 88.6 cm³/mol. The summed E-state index contributed by atoms with van der Waals surface area (Å²) in [6, 6.07) is 0.532. The Labute approximate surface area is 131 Å². The van der Waals surface area contributed by atoms with Gasteiger partial charge in [-0.25, -0.2) is 4.99 Å². The summed E-state index contributed by atoms with van der Waals surface area (Å²) in [5, 5.41) is 15.7. The molecular formula is C14H26N6S. The summed E-state index contributed by atoms with van der Waals surface area (Å²) in [6.45, 7) is 6.47. The van der Waals surface area contributed by atoms with Crippen molar-refractivity contribution in [2.75, 3.05) is 12.8 Å². The van der Waals surface area contributed by atoms with Crippen LogP contribution < -0.4 is 10.6 Å². The molecule has 0 radical (unpaired) electrons. The van der Waals surface area contributed by atoms with E-state index in [1.165, 1.54) is 19.3 Å². The summed E-state index contributed by atoms with van der Waals surface area (Å²) in [5.41, 5.74) is 0. The fraction of sp³-hybridized carbons (Fsp3) is 0.786. The van der Waals surface area contributed by atoms with Gasteiger partial charge >= 0.3 is 0 Å². The van der Waals surface area contributed by atoms with Gasteiger partial charge in [0.25, 0.3) is 0 Å². The minimum Gasteiger partial charge on any atom is -0.357 e. The molecule has 0 aliphatic heterocycles. The lowest BCUT2D eigenvalue weighted by Crippen LogP contribution is -2.42. The molecule has 2 rings (SSSR count). The molecule has 1 aromatic rings. The quantitative estimate of drug-likeness (QED) is 0.617. The molecule has 0 saturated heterocycles. The van der Waals surface area contributed by atoms with Crippen molar-refractivity contribution in [2.24, 2.45) is 4.99 Å². The van der Waals surface area contributed by atoms with E-state index in [-0.39, 0.29) is 0 Å². The van der Waals surface area contributed by atoms with E-state index in [0.717, 1.165) is 30.1 Å². The van der Waals surface area contributed by atoms with E-state index in [0.29, 0.717) is 12.6 Å². The molecule has 0 bridgehead atoms. The van der Waals surface area contributed by atoms with E-state index in [1.54, 1.807) is 6.33 Å². The van der Waals surface area contributed by atoms with Crippen LogP contribution in [-0.2, 0) is 13.1 Å². The van der Waals surface area contributed by atoms with Crippen molar-refractivity contribution in [3.63, 3.8) is 0 Å². The number of aryl methyl sites for hydroxylation is 1. The van der Waals surface area contributed by atoms with Crippen molar-refractivity contribution in [1.29, 1.82) is 0 Å². The van der Waals surface area contributed by atoms with Crippen molar-refractivity contribution in [3.8, 4) is 0 Å². The van der Waals surface area contributed by atoms with Crippen LogP contribution in [0.1, 0.15) is 38.9 Å². The first-order valence-corrected chi connectivity index (χ1v) is 8.99. The van der Waals surface area contributed by atoms with Gasteiger partial charge in [0.15, 0.2) is 11.8 Å². The third kappa shape index (κ3) is 4.62. The zero-order valence-corrected chi connectivity index (χ0v) is 14.0. The highest BCUT2D eigenvalue weighted by molar-refractivity contribution is 7.99. The molecule has 1 fully saturated rings. The lowest BCUT2D eigenvalue weighted by molar-refractivity contribution is 0.612. The number of nitrogens with one attached hydrogen (secondary N) is 2. The van der Waals surface area contributed by atoms with Crippen LogP contribution in [0.2, 0.25) is 0 Å². The summed E-state index contributed by atoms with van der Waals surface area (Å²) < 4.78 is 2.02. The Bertz CT molecular complexity index is 458. The van der Waals surface area contributed by atoms with Gasteiger partial charge in [0, 0.05) is 24.4 Å². The van der Waals surface area contributed by atoms with E-state index in [2.05, 4.69) is 45.9 Å². The van der Waals surface area contributed by atoms with Gasteiger partial charge in [-0.05, 0) is 39.4 Å². The zero-order chi connectivity index (χ0) is 15.1. The predicted octanol–water partition coefficient (Wildman–Crippen LogP) is 1.64. The van der Waals surface area contributed by atoms with Crippen LogP contribution in [0.15, 0.2) is 11.3 Å².